The van der Waals surface area contributed by atoms with Crippen LogP contribution in [0.25, 0.3) is 0 Å². The van der Waals surface area contributed by atoms with Gasteiger partial charge < -0.3 is 14.4 Å². The van der Waals surface area contributed by atoms with Crippen molar-refractivity contribution in [2.24, 2.45) is 0 Å². The molecule has 1 amide bonds. The highest BCUT2D eigenvalue weighted by Crippen LogP contribution is 2.17. The molecule has 1 fully saturated rings. The van der Waals surface area contributed by atoms with E-state index >= 15 is 0 Å². The zero-order valence-corrected chi connectivity index (χ0v) is 11.7. The summed E-state index contributed by atoms with van der Waals surface area (Å²) >= 11 is 0. The Labute approximate surface area is 118 Å². The molecule has 1 heterocycles. The lowest BCUT2D eigenvalue weighted by molar-refractivity contribution is -0.130. The summed E-state index contributed by atoms with van der Waals surface area (Å²) in [7, 11) is 3.26. The van der Waals surface area contributed by atoms with Crippen molar-refractivity contribution in [3.63, 3.8) is 0 Å². The summed E-state index contributed by atoms with van der Waals surface area (Å²) in [4.78, 5) is 14.0. The SMILES string of the molecule is COC1CN(C(=O)Cc2ccc(C#N)cc2)CC1OC. The van der Waals surface area contributed by atoms with Crippen LogP contribution in [-0.4, -0.2) is 50.3 Å². The number of rotatable bonds is 4. The van der Waals surface area contributed by atoms with Crippen molar-refractivity contribution >= 4 is 5.91 Å². The van der Waals surface area contributed by atoms with Gasteiger partial charge in [0.2, 0.25) is 5.91 Å². The van der Waals surface area contributed by atoms with Crippen molar-refractivity contribution in [3.05, 3.63) is 35.4 Å². The van der Waals surface area contributed by atoms with Gasteiger partial charge in [0.05, 0.1) is 18.1 Å². The van der Waals surface area contributed by atoms with Gasteiger partial charge in [-0.3, -0.25) is 4.79 Å². The minimum Gasteiger partial charge on any atom is -0.377 e. The van der Waals surface area contributed by atoms with E-state index in [4.69, 9.17) is 14.7 Å². The number of amides is 1. The normalized spacial score (nSPS) is 21.8. The predicted molar refractivity (Wildman–Crippen MR) is 73.0 cm³/mol. The third-order valence-electron chi connectivity index (χ3n) is 3.61. The van der Waals surface area contributed by atoms with Gasteiger partial charge in [0.1, 0.15) is 12.2 Å². The highest BCUT2D eigenvalue weighted by molar-refractivity contribution is 5.79. The van der Waals surface area contributed by atoms with Gasteiger partial charge in [0.15, 0.2) is 0 Å². The van der Waals surface area contributed by atoms with Crippen molar-refractivity contribution in [2.75, 3.05) is 27.3 Å². The third-order valence-corrected chi connectivity index (χ3v) is 3.61. The van der Waals surface area contributed by atoms with Crippen LogP contribution in [0.3, 0.4) is 0 Å². The molecule has 1 aliphatic rings. The van der Waals surface area contributed by atoms with Crippen LogP contribution in [-0.2, 0) is 20.7 Å². The van der Waals surface area contributed by atoms with Crippen LogP contribution in [0.2, 0.25) is 0 Å². The van der Waals surface area contributed by atoms with Crippen molar-refractivity contribution in [3.8, 4) is 6.07 Å². The molecule has 0 N–H and O–H groups in total. The van der Waals surface area contributed by atoms with Gasteiger partial charge in [0, 0.05) is 27.3 Å². The first kappa shape index (κ1) is 14.5. The second-order valence-electron chi connectivity index (χ2n) is 4.83. The Bertz CT molecular complexity index is 495. The smallest absolute Gasteiger partial charge is 0.227 e. The van der Waals surface area contributed by atoms with E-state index in [1.807, 2.05) is 12.1 Å². The molecular formula is C15H18N2O3. The van der Waals surface area contributed by atoms with E-state index in [9.17, 15) is 4.79 Å². The fraction of sp³-hybridized carbons (Fsp3) is 0.467. The summed E-state index contributed by atoms with van der Waals surface area (Å²) < 4.78 is 10.6. The standard InChI is InChI=1S/C15H18N2O3/c1-19-13-9-17(10-14(13)20-2)15(18)7-11-3-5-12(8-16)6-4-11/h3-6,13-14H,7,9-10H2,1-2H3. The van der Waals surface area contributed by atoms with Crippen LogP contribution >= 0.6 is 0 Å². The molecule has 5 heteroatoms. The molecule has 5 nitrogen and oxygen atoms in total. The van der Waals surface area contributed by atoms with Crippen LogP contribution in [0.4, 0.5) is 0 Å². The largest absolute Gasteiger partial charge is 0.377 e. The van der Waals surface area contributed by atoms with Gasteiger partial charge in [-0.05, 0) is 17.7 Å². The van der Waals surface area contributed by atoms with Crippen LogP contribution in [0.15, 0.2) is 24.3 Å². The van der Waals surface area contributed by atoms with E-state index in [2.05, 4.69) is 6.07 Å². The summed E-state index contributed by atoms with van der Waals surface area (Å²) in [6.07, 6.45) is 0.202. The number of carbonyl (C=O) groups excluding carboxylic acids is 1. The number of methoxy groups -OCH3 is 2. The average Bonchev–Trinajstić information content (AvgIpc) is 2.91. The lowest BCUT2D eigenvalue weighted by Crippen LogP contribution is -2.31. The van der Waals surface area contributed by atoms with E-state index in [0.717, 1.165) is 5.56 Å². The molecule has 0 bridgehead atoms. The Balaban J connectivity index is 1.97. The van der Waals surface area contributed by atoms with Gasteiger partial charge in [-0.2, -0.15) is 5.26 Å². The molecule has 1 aromatic rings. The average molecular weight is 274 g/mol. The molecule has 0 spiro atoms. The van der Waals surface area contributed by atoms with Crippen LogP contribution in [0, 0.1) is 11.3 Å². The van der Waals surface area contributed by atoms with E-state index in [-0.39, 0.29) is 18.1 Å². The first-order valence-electron chi connectivity index (χ1n) is 6.50. The fourth-order valence-corrected chi connectivity index (χ4v) is 2.38. The number of carbonyl (C=O) groups is 1. The van der Waals surface area contributed by atoms with Gasteiger partial charge in [0.25, 0.3) is 0 Å². The minimum absolute atomic E-state index is 0.0521. The first-order chi connectivity index (χ1) is 9.67. The lowest BCUT2D eigenvalue weighted by atomic mass is 10.1. The zero-order chi connectivity index (χ0) is 14.5. The van der Waals surface area contributed by atoms with Crippen LogP contribution < -0.4 is 0 Å². The van der Waals surface area contributed by atoms with Gasteiger partial charge >= 0.3 is 0 Å². The number of hydrogen-bond acceptors (Lipinski definition) is 4. The molecule has 0 aliphatic carbocycles. The summed E-state index contributed by atoms with van der Waals surface area (Å²) in [5.74, 6) is 0.0521. The van der Waals surface area contributed by atoms with E-state index < -0.39 is 0 Å². The molecule has 0 radical (unpaired) electrons. The van der Waals surface area contributed by atoms with E-state index in [1.54, 1.807) is 31.3 Å². The van der Waals surface area contributed by atoms with Crippen molar-refractivity contribution in [2.45, 2.75) is 18.6 Å². The van der Waals surface area contributed by atoms with Gasteiger partial charge in [-0.15, -0.1) is 0 Å². The molecule has 2 rings (SSSR count). The number of nitrogens with zero attached hydrogens (tertiary/aromatic N) is 2. The number of likely N-dealkylation sites (tertiary alicyclic amines) is 1. The Morgan fingerprint density at radius 3 is 2.25 bits per heavy atom. The molecule has 2 unspecified atom stereocenters. The van der Waals surface area contributed by atoms with Crippen LogP contribution in [0.1, 0.15) is 11.1 Å². The molecule has 1 aliphatic heterocycles. The fourth-order valence-electron chi connectivity index (χ4n) is 2.38. The molecule has 106 valence electrons. The van der Waals surface area contributed by atoms with E-state index in [0.29, 0.717) is 25.1 Å². The number of hydrogen-bond donors (Lipinski definition) is 0. The number of ether oxygens (including phenoxy) is 2. The van der Waals surface area contributed by atoms with Crippen LogP contribution in [0.5, 0.6) is 0 Å². The highest BCUT2D eigenvalue weighted by Gasteiger charge is 2.35. The Hall–Kier alpha value is -1.90. The molecule has 20 heavy (non-hydrogen) atoms. The maximum Gasteiger partial charge on any atom is 0.227 e. The summed E-state index contributed by atoms with van der Waals surface area (Å²) in [6.45, 7) is 1.12. The number of benzene rings is 1. The van der Waals surface area contributed by atoms with Crippen molar-refractivity contribution < 1.29 is 14.3 Å². The summed E-state index contributed by atoms with van der Waals surface area (Å²) in [6, 6.07) is 9.14. The molecule has 1 saturated heterocycles. The van der Waals surface area contributed by atoms with Crippen molar-refractivity contribution in [1.82, 2.24) is 4.90 Å². The predicted octanol–water partition coefficient (Wildman–Crippen LogP) is 0.973. The summed E-state index contributed by atoms with van der Waals surface area (Å²) in [5.41, 5.74) is 1.50. The second-order valence-corrected chi connectivity index (χ2v) is 4.83. The van der Waals surface area contributed by atoms with E-state index in [1.165, 1.54) is 0 Å². The third kappa shape index (κ3) is 3.16. The summed E-state index contributed by atoms with van der Waals surface area (Å²) in [5, 5.41) is 8.74. The number of nitriles is 1. The Morgan fingerprint density at radius 2 is 1.80 bits per heavy atom. The lowest BCUT2D eigenvalue weighted by Gasteiger charge is -2.15. The molecule has 0 saturated carbocycles. The van der Waals surface area contributed by atoms with Gasteiger partial charge in [-0.1, -0.05) is 12.1 Å². The Kier molecular flexibility index (Phi) is 4.72. The molecular weight excluding hydrogens is 256 g/mol. The van der Waals surface area contributed by atoms with Gasteiger partial charge in [-0.25, -0.2) is 0 Å². The molecule has 0 aromatic heterocycles. The quantitative estimate of drug-likeness (QED) is 0.821. The first-order valence-corrected chi connectivity index (χ1v) is 6.50. The maximum atomic E-state index is 12.2. The zero-order valence-electron chi connectivity index (χ0n) is 11.7. The molecule has 2 atom stereocenters. The maximum absolute atomic E-state index is 12.2. The Morgan fingerprint density at radius 1 is 1.25 bits per heavy atom. The monoisotopic (exact) mass is 274 g/mol. The topological polar surface area (TPSA) is 62.6 Å². The second kappa shape index (κ2) is 6.51. The van der Waals surface area contributed by atoms with Crippen molar-refractivity contribution in [1.29, 1.82) is 5.26 Å². The minimum atomic E-state index is -0.0649. The highest BCUT2D eigenvalue weighted by atomic mass is 16.5. The molecule has 1 aromatic carbocycles.